The van der Waals surface area contributed by atoms with Gasteiger partial charge in [0, 0.05) is 23.5 Å². The van der Waals surface area contributed by atoms with Crippen LogP contribution in [0.2, 0.25) is 0 Å². The van der Waals surface area contributed by atoms with Gasteiger partial charge in [-0.15, -0.1) is 0 Å². The lowest BCUT2D eigenvalue weighted by atomic mass is 10.0. The molecule has 3 aromatic rings. The number of ether oxygens (including phenoxy) is 1. The highest BCUT2D eigenvalue weighted by Crippen LogP contribution is 2.24. The van der Waals surface area contributed by atoms with Crippen LogP contribution in [0.1, 0.15) is 83.6 Å². The molecule has 1 atom stereocenters. The number of nitrogens with zero attached hydrogens (tertiary/aromatic N) is 2. The highest BCUT2D eigenvalue weighted by atomic mass is 19.1. The summed E-state index contributed by atoms with van der Waals surface area (Å²) in [5, 5.41) is 0. The van der Waals surface area contributed by atoms with Gasteiger partial charge in [-0.05, 0) is 42.5 Å². The summed E-state index contributed by atoms with van der Waals surface area (Å²) in [6.07, 6.45) is 15.4. The summed E-state index contributed by atoms with van der Waals surface area (Å²) in [4.78, 5) is 9.17. The van der Waals surface area contributed by atoms with Crippen LogP contribution >= 0.6 is 0 Å². The van der Waals surface area contributed by atoms with Gasteiger partial charge >= 0.3 is 0 Å². The third-order valence-electron chi connectivity index (χ3n) is 6.42. The molecule has 0 bridgehead atoms. The lowest BCUT2D eigenvalue weighted by Crippen LogP contribution is -2.12. The Hall–Kier alpha value is -2.75. The van der Waals surface area contributed by atoms with E-state index in [4.69, 9.17) is 4.74 Å². The van der Waals surface area contributed by atoms with Gasteiger partial charge in [0.15, 0.2) is 5.82 Å². The van der Waals surface area contributed by atoms with Gasteiger partial charge in [0.1, 0.15) is 18.5 Å². The van der Waals surface area contributed by atoms with E-state index in [1.807, 2.05) is 36.7 Å². The Morgan fingerprint density at radius 1 is 0.686 bits per heavy atom. The number of benzene rings is 2. The third kappa shape index (κ3) is 9.43. The molecule has 1 heterocycles. The van der Waals surface area contributed by atoms with Crippen molar-refractivity contribution in [2.45, 2.75) is 90.6 Å². The fraction of sp³-hybridized carbons (Fsp3) is 0.484. The van der Waals surface area contributed by atoms with Crippen molar-refractivity contribution in [3.05, 3.63) is 66.5 Å². The molecule has 0 fully saturated rings. The van der Waals surface area contributed by atoms with Crippen molar-refractivity contribution in [1.29, 1.82) is 0 Å². The Bertz CT molecular complexity index is 955. The SMILES string of the molecule is CCCCCCCc1ccc(-c2ncc(-c3ccc(OCC(F)CCCCCC)cc3)cn2)cc1. The minimum absolute atomic E-state index is 0.112. The summed E-state index contributed by atoms with van der Waals surface area (Å²) in [5.74, 6) is 1.42. The first-order valence-corrected chi connectivity index (χ1v) is 13.5. The highest BCUT2D eigenvalue weighted by Gasteiger charge is 2.08. The zero-order valence-electron chi connectivity index (χ0n) is 21.5. The second-order valence-corrected chi connectivity index (χ2v) is 9.44. The number of aromatic nitrogens is 2. The van der Waals surface area contributed by atoms with Crippen molar-refractivity contribution < 1.29 is 9.13 Å². The molecule has 0 saturated heterocycles. The number of aryl methyl sites for hydroxylation is 1. The third-order valence-corrected chi connectivity index (χ3v) is 6.42. The number of alkyl halides is 1. The van der Waals surface area contributed by atoms with E-state index in [0.717, 1.165) is 41.8 Å². The molecule has 0 aliphatic rings. The summed E-state index contributed by atoms with van der Waals surface area (Å²) in [6, 6.07) is 16.3. The number of hydrogen-bond acceptors (Lipinski definition) is 3. The van der Waals surface area contributed by atoms with E-state index in [0.29, 0.717) is 12.2 Å². The predicted octanol–water partition coefficient (Wildman–Crippen LogP) is 9.01. The molecular weight excluding hydrogens is 435 g/mol. The second-order valence-electron chi connectivity index (χ2n) is 9.44. The lowest BCUT2D eigenvalue weighted by molar-refractivity contribution is 0.184. The van der Waals surface area contributed by atoms with E-state index in [1.54, 1.807) is 0 Å². The Kier molecular flexibility index (Phi) is 11.7. The van der Waals surface area contributed by atoms with E-state index in [2.05, 4.69) is 48.1 Å². The fourth-order valence-corrected chi connectivity index (χ4v) is 4.19. The van der Waals surface area contributed by atoms with Crippen LogP contribution in [0.3, 0.4) is 0 Å². The fourth-order valence-electron chi connectivity index (χ4n) is 4.19. The normalized spacial score (nSPS) is 12.0. The highest BCUT2D eigenvalue weighted by molar-refractivity contribution is 5.64. The van der Waals surface area contributed by atoms with E-state index < -0.39 is 6.17 Å². The molecule has 1 unspecified atom stereocenters. The zero-order valence-corrected chi connectivity index (χ0v) is 21.5. The summed E-state index contributed by atoms with van der Waals surface area (Å²) < 4.78 is 19.7. The molecule has 1 aromatic heterocycles. The van der Waals surface area contributed by atoms with Crippen LogP contribution in [-0.4, -0.2) is 22.7 Å². The molecule has 0 aliphatic heterocycles. The maximum absolute atomic E-state index is 14.0. The smallest absolute Gasteiger partial charge is 0.159 e. The molecule has 0 amide bonds. The largest absolute Gasteiger partial charge is 0.491 e. The van der Waals surface area contributed by atoms with E-state index in [-0.39, 0.29) is 6.61 Å². The molecule has 0 aliphatic carbocycles. The number of rotatable bonds is 16. The van der Waals surface area contributed by atoms with Crippen molar-refractivity contribution in [1.82, 2.24) is 9.97 Å². The number of hydrogen-bond donors (Lipinski definition) is 0. The van der Waals surface area contributed by atoms with Crippen LogP contribution in [0.15, 0.2) is 60.9 Å². The topological polar surface area (TPSA) is 35.0 Å². The lowest BCUT2D eigenvalue weighted by Gasteiger charge is -2.11. The molecule has 0 N–H and O–H groups in total. The van der Waals surface area contributed by atoms with E-state index >= 15 is 0 Å². The van der Waals surface area contributed by atoms with E-state index in [9.17, 15) is 4.39 Å². The molecular formula is C31H41FN2O. The number of unbranched alkanes of at least 4 members (excludes halogenated alkanes) is 7. The quantitative estimate of drug-likeness (QED) is 0.193. The minimum atomic E-state index is -0.910. The van der Waals surface area contributed by atoms with Crippen molar-refractivity contribution in [3.8, 4) is 28.3 Å². The van der Waals surface area contributed by atoms with Crippen LogP contribution < -0.4 is 4.74 Å². The Morgan fingerprint density at radius 3 is 1.94 bits per heavy atom. The van der Waals surface area contributed by atoms with Gasteiger partial charge in [-0.1, -0.05) is 102 Å². The molecule has 4 heteroatoms. The van der Waals surface area contributed by atoms with Crippen molar-refractivity contribution >= 4 is 0 Å². The van der Waals surface area contributed by atoms with Crippen molar-refractivity contribution in [2.75, 3.05) is 6.61 Å². The number of halogens is 1. The molecule has 0 spiro atoms. The molecule has 3 rings (SSSR count). The Labute approximate surface area is 211 Å². The summed E-state index contributed by atoms with van der Waals surface area (Å²) in [5.41, 5.74) is 4.37. The Balaban J connectivity index is 1.47. The molecule has 0 radical (unpaired) electrons. The van der Waals surface area contributed by atoms with Gasteiger partial charge in [0.25, 0.3) is 0 Å². The van der Waals surface area contributed by atoms with Crippen LogP contribution in [0.25, 0.3) is 22.5 Å². The summed E-state index contributed by atoms with van der Waals surface area (Å²) in [6.45, 7) is 4.52. The Morgan fingerprint density at radius 2 is 1.29 bits per heavy atom. The van der Waals surface area contributed by atoms with Crippen molar-refractivity contribution in [2.24, 2.45) is 0 Å². The first kappa shape index (κ1) is 26.8. The monoisotopic (exact) mass is 476 g/mol. The average molecular weight is 477 g/mol. The maximum atomic E-state index is 14.0. The second kappa shape index (κ2) is 15.3. The summed E-state index contributed by atoms with van der Waals surface area (Å²) in [7, 11) is 0. The van der Waals surface area contributed by atoms with E-state index in [1.165, 1.54) is 50.5 Å². The van der Waals surface area contributed by atoms with Gasteiger partial charge in [0.05, 0.1) is 0 Å². The molecule has 2 aromatic carbocycles. The van der Waals surface area contributed by atoms with Gasteiger partial charge < -0.3 is 4.74 Å². The standard InChI is InChI=1S/C31H41FN2O/c1-3-5-7-9-10-12-25-14-16-27(17-15-25)31-33-22-28(23-34-31)26-18-20-30(21-19-26)35-24-29(32)13-11-8-6-4-2/h14-23,29H,3-13,24H2,1-2H3. The van der Waals surface area contributed by atoms with Gasteiger partial charge in [-0.2, -0.15) is 0 Å². The first-order valence-electron chi connectivity index (χ1n) is 13.5. The summed E-state index contributed by atoms with van der Waals surface area (Å²) >= 11 is 0. The maximum Gasteiger partial charge on any atom is 0.159 e. The van der Waals surface area contributed by atoms with Crippen LogP contribution in [0, 0.1) is 0 Å². The van der Waals surface area contributed by atoms with Crippen molar-refractivity contribution in [3.63, 3.8) is 0 Å². The molecule has 188 valence electrons. The van der Waals surface area contributed by atoms with Gasteiger partial charge in [-0.3, -0.25) is 0 Å². The van der Waals surface area contributed by atoms with Crippen LogP contribution in [0.5, 0.6) is 5.75 Å². The molecule has 35 heavy (non-hydrogen) atoms. The molecule has 3 nitrogen and oxygen atoms in total. The first-order chi connectivity index (χ1) is 17.2. The molecule has 0 saturated carbocycles. The predicted molar refractivity (Wildman–Crippen MR) is 145 cm³/mol. The van der Waals surface area contributed by atoms with Gasteiger partial charge in [0.2, 0.25) is 0 Å². The van der Waals surface area contributed by atoms with Gasteiger partial charge in [-0.25, -0.2) is 14.4 Å². The average Bonchev–Trinajstić information content (AvgIpc) is 2.91. The minimum Gasteiger partial charge on any atom is -0.491 e. The van der Waals surface area contributed by atoms with Crippen LogP contribution in [0.4, 0.5) is 4.39 Å². The zero-order chi connectivity index (χ0) is 24.7. The van der Waals surface area contributed by atoms with Crippen LogP contribution in [-0.2, 0) is 6.42 Å².